The third kappa shape index (κ3) is 5.48. The molecule has 0 aliphatic rings. The molecule has 0 heterocycles. The average Bonchev–Trinajstić information content (AvgIpc) is 2.68. The average molecular weight is 520 g/mol. The molecule has 152 valence electrons. The fourth-order valence-corrected chi connectivity index (χ4v) is 3.78. The van der Waals surface area contributed by atoms with Crippen molar-refractivity contribution in [2.24, 2.45) is 0 Å². The molecule has 1 N–H and O–H groups in total. The largest absolute Gasteiger partial charge is 0.493 e. The quantitative estimate of drug-likeness (QED) is 0.346. The van der Waals surface area contributed by atoms with Crippen LogP contribution in [-0.2, 0) is 13.2 Å². The summed E-state index contributed by atoms with van der Waals surface area (Å²) in [4.78, 5) is 0. The number of halogens is 5. The van der Waals surface area contributed by atoms with E-state index in [1.165, 1.54) is 6.07 Å². The molecule has 0 aromatic heterocycles. The molecule has 0 saturated heterocycles. The molecule has 0 atom stereocenters. The van der Waals surface area contributed by atoms with Crippen molar-refractivity contribution < 1.29 is 13.9 Å². The van der Waals surface area contributed by atoms with Crippen molar-refractivity contribution >= 4 is 56.4 Å². The predicted octanol–water partition coefficient (Wildman–Crippen LogP) is 7.75. The van der Waals surface area contributed by atoms with E-state index in [9.17, 15) is 4.39 Å². The Kier molecular flexibility index (Phi) is 7.52. The lowest BCUT2D eigenvalue weighted by atomic mass is 10.2. The summed E-state index contributed by atoms with van der Waals surface area (Å²) in [6, 6.07) is 13.4. The lowest BCUT2D eigenvalue weighted by Crippen LogP contribution is -2.04. The van der Waals surface area contributed by atoms with Gasteiger partial charge < -0.3 is 14.8 Å². The molecular formula is C21H16BrCl3FNO2. The fraction of sp³-hybridized carbons (Fsp3) is 0.143. The highest BCUT2D eigenvalue weighted by atomic mass is 79.9. The molecule has 3 aromatic rings. The summed E-state index contributed by atoms with van der Waals surface area (Å²) in [6.45, 7) is 0.462. The molecule has 8 heteroatoms. The van der Waals surface area contributed by atoms with Gasteiger partial charge in [-0.3, -0.25) is 0 Å². The van der Waals surface area contributed by atoms with Crippen molar-refractivity contribution in [3.05, 3.63) is 85.0 Å². The molecule has 0 aliphatic carbocycles. The van der Waals surface area contributed by atoms with E-state index in [0.717, 1.165) is 15.7 Å². The lowest BCUT2D eigenvalue weighted by molar-refractivity contribution is 0.279. The van der Waals surface area contributed by atoms with E-state index in [0.29, 0.717) is 33.1 Å². The van der Waals surface area contributed by atoms with Gasteiger partial charge in [-0.2, -0.15) is 0 Å². The first kappa shape index (κ1) is 22.0. The van der Waals surface area contributed by atoms with Crippen molar-refractivity contribution in [2.75, 3.05) is 12.4 Å². The standard InChI is InChI=1S/C21H16BrCl3FNO2/c1-28-20-7-12(10-27-19-6-5-13(23)8-17(19)25)15(22)9-21(20)29-11-14-16(24)3-2-4-18(14)26/h2-9,27H,10-11H2,1H3. The zero-order valence-electron chi connectivity index (χ0n) is 15.2. The zero-order chi connectivity index (χ0) is 21.0. The third-order valence-corrected chi connectivity index (χ3v) is 5.81. The molecule has 29 heavy (non-hydrogen) atoms. The minimum Gasteiger partial charge on any atom is -0.493 e. The molecule has 0 aliphatic heterocycles. The second kappa shape index (κ2) is 9.90. The van der Waals surface area contributed by atoms with Crippen LogP contribution in [0.1, 0.15) is 11.1 Å². The molecule has 0 bridgehead atoms. The van der Waals surface area contributed by atoms with E-state index < -0.39 is 5.82 Å². The number of anilines is 1. The molecule has 3 rings (SSSR count). The maximum absolute atomic E-state index is 14.0. The highest BCUT2D eigenvalue weighted by Gasteiger charge is 2.14. The summed E-state index contributed by atoms with van der Waals surface area (Å²) in [6.07, 6.45) is 0. The van der Waals surface area contributed by atoms with E-state index >= 15 is 0 Å². The first-order valence-electron chi connectivity index (χ1n) is 8.50. The number of nitrogens with one attached hydrogen (secondary N) is 1. The van der Waals surface area contributed by atoms with Crippen molar-refractivity contribution in [1.82, 2.24) is 0 Å². The predicted molar refractivity (Wildman–Crippen MR) is 120 cm³/mol. The van der Waals surface area contributed by atoms with Gasteiger partial charge in [0, 0.05) is 21.6 Å². The third-order valence-electron chi connectivity index (χ3n) is 4.17. The Labute approximate surface area is 191 Å². The van der Waals surface area contributed by atoms with Gasteiger partial charge in [0.15, 0.2) is 11.5 Å². The Morgan fingerprint density at radius 3 is 2.48 bits per heavy atom. The first-order chi connectivity index (χ1) is 13.9. The molecule has 0 radical (unpaired) electrons. The molecule has 0 amide bonds. The van der Waals surface area contributed by atoms with Gasteiger partial charge in [0.05, 0.1) is 22.8 Å². The Balaban J connectivity index is 1.76. The summed E-state index contributed by atoms with van der Waals surface area (Å²) < 4.78 is 26.0. The second-order valence-electron chi connectivity index (χ2n) is 6.06. The van der Waals surface area contributed by atoms with Crippen LogP contribution in [0.15, 0.2) is 53.0 Å². The monoisotopic (exact) mass is 517 g/mol. The number of methoxy groups -OCH3 is 1. The molecular weight excluding hydrogens is 503 g/mol. The highest BCUT2D eigenvalue weighted by Crippen LogP contribution is 2.35. The summed E-state index contributed by atoms with van der Waals surface area (Å²) in [5, 5.41) is 4.67. The van der Waals surface area contributed by atoms with E-state index in [4.69, 9.17) is 44.3 Å². The smallest absolute Gasteiger partial charge is 0.162 e. The van der Waals surface area contributed by atoms with E-state index in [2.05, 4.69) is 21.2 Å². The highest BCUT2D eigenvalue weighted by molar-refractivity contribution is 9.10. The Bertz CT molecular complexity index is 1010. The topological polar surface area (TPSA) is 30.5 Å². The van der Waals surface area contributed by atoms with Crippen molar-refractivity contribution in [1.29, 1.82) is 0 Å². The minimum atomic E-state index is -0.420. The Morgan fingerprint density at radius 1 is 1.00 bits per heavy atom. The molecule has 0 fully saturated rings. The van der Waals surface area contributed by atoms with Gasteiger partial charge in [0.25, 0.3) is 0 Å². The van der Waals surface area contributed by atoms with Crippen LogP contribution < -0.4 is 14.8 Å². The van der Waals surface area contributed by atoms with Crippen molar-refractivity contribution in [3.63, 3.8) is 0 Å². The van der Waals surface area contributed by atoms with Crippen LogP contribution in [0.2, 0.25) is 15.1 Å². The van der Waals surface area contributed by atoms with Gasteiger partial charge in [-0.15, -0.1) is 0 Å². The van der Waals surface area contributed by atoms with Gasteiger partial charge in [-0.05, 0) is 48.0 Å². The van der Waals surface area contributed by atoms with Gasteiger partial charge in [-0.25, -0.2) is 4.39 Å². The lowest BCUT2D eigenvalue weighted by Gasteiger charge is -2.16. The molecule has 3 nitrogen and oxygen atoms in total. The van der Waals surface area contributed by atoms with Gasteiger partial charge in [-0.1, -0.05) is 56.8 Å². The van der Waals surface area contributed by atoms with E-state index in [1.54, 1.807) is 37.4 Å². The van der Waals surface area contributed by atoms with Crippen LogP contribution in [-0.4, -0.2) is 7.11 Å². The summed E-state index contributed by atoms with van der Waals surface area (Å²) in [5.74, 6) is 0.558. The van der Waals surface area contributed by atoms with Crippen LogP contribution in [0.25, 0.3) is 0 Å². The Morgan fingerprint density at radius 2 is 1.79 bits per heavy atom. The van der Waals surface area contributed by atoms with Crippen LogP contribution in [0.4, 0.5) is 10.1 Å². The fourth-order valence-electron chi connectivity index (χ4n) is 2.63. The zero-order valence-corrected chi connectivity index (χ0v) is 19.1. The number of ether oxygens (including phenoxy) is 2. The molecule has 0 spiro atoms. The van der Waals surface area contributed by atoms with Crippen LogP contribution in [0, 0.1) is 5.82 Å². The number of hydrogen-bond donors (Lipinski definition) is 1. The number of benzene rings is 3. The Hall–Kier alpha value is -1.66. The number of hydrogen-bond acceptors (Lipinski definition) is 3. The first-order valence-corrected chi connectivity index (χ1v) is 10.4. The summed E-state index contributed by atoms with van der Waals surface area (Å²) in [7, 11) is 1.54. The van der Waals surface area contributed by atoms with Crippen molar-refractivity contribution in [2.45, 2.75) is 13.2 Å². The molecule has 3 aromatic carbocycles. The van der Waals surface area contributed by atoms with Crippen molar-refractivity contribution in [3.8, 4) is 11.5 Å². The maximum Gasteiger partial charge on any atom is 0.162 e. The summed E-state index contributed by atoms with van der Waals surface area (Å²) >= 11 is 21.7. The normalized spacial score (nSPS) is 10.7. The minimum absolute atomic E-state index is 0.0215. The second-order valence-corrected chi connectivity index (χ2v) is 8.17. The molecule has 0 saturated carbocycles. The van der Waals surface area contributed by atoms with Crippen LogP contribution in [0.3, 0.4) is 0 Å². The van der Waals surface area contributed by atoms with Crippen LogP contribution in [0.5, 0.6) is 11.5 Å². The van der Waals surface area contributed by atoms with Gasteiger partial charge in [0.1, 0.15) is 12.4 Å². The van der Waals surface area contributed by atoms with Gasteiger partial charge in [0.2, 0.25) is 0 Å². The number of rotatable bonds is 7. The van der Waals surface area contributed by atoms with E-state index in [1.807, 2.05) is 12.1 Å². The SMILES string of the molecule is COc1cc(CNc2ccc(Cl)cc2Cl)c(Br)cc1OCc1c(F)cccc1Cl. The van der Waals surface area contributed by atoms with E-state index in [-0.39, 0.29) is 12.2 Å². The van der Waals surface area contributed by atoms with Gasteiger partial charge >= 0.3 is 0 Å². The van der Waals surface area contributed by atoms with Crippen LogP contribution >= 0.6 is 50.7 Å². The maximum atomic E-state index is 14.0. The molecule has 0 unspecified atom stereocenters. The summed E-state index contributed by atoms with van der Waals surface area (Å²) in [5.41, 5.74) is 1.97.